The van der Waals surface area contributed by atoms with Crippen molar-refractivity contribution in [2.45, 2.75) is 25.8 Å². The van der Waals surface area contributed by atoms with Gasteiger partial charge in [0.1, 0.15) is 5.75 Å². The summed E-state index contributed by atoms with van der Waals surface area (Å²) in [7, 11) is -0.975. The number of para-hydroxylation sites is 2. The third-order valence-electron chi connectivity index (χ3n) is 5.65. The van der Waals surface area contributed by atoms with Crippen LogP contribution < -0.4 is 9.64 Å². The molecule has 0 radical (unpaired) electrons. The first-order valence-electron chi connectivity index (χ1n) is 10.5. The topological polar surface area (TPSA) is 107 Å². The first-order chi connectivity index (χ1) is 14.8. The summed E-state index contributed by atoms with van der Waals surface area (Å²) in [6, 6.07) is 8.07. The van der Waals surface area contributed by atoms with Gasteiger partial charge >= 0.3 is 0 Å². The fraction of sp³-hybridized carbons (Fsp3) is 0.619. The average molecular weight is 456 g/mol. The Labute approximate surface area is 184 Å². The lowest BCUT2D eigenvalue weighted by Crippen LogP contribution is -2.49. The van der Waals surface area contributed by atoms with Gasteiger partial charge in [0.05, 0.1) is 23.8 Å². The third kappa shape index (κ3) is 7.39. The second kappa shape index (κ2) is 11.9. The highest BCUT2D eigenvalue weighted by Gasteiger charge is 2.31. The molecule has 1 N–H and O–H groups in total. The van der Waals surface area contributed by atoms with Gasteiger partial charge in [0.15, 0.2) is 9.84 Å². The van der Waals surface area contributed by atoms with Gasteiger partial charge in [-0.25, -0.2) is 8.42 Å². The van der Waals surface area contributed by atoms with Gasteiger partial charge in [0.2, 0.25) is 5.91 Å². The number of nitrogens with zero attached hydrogens (tertiary/aromatic N) is 3. The van der Waals surface area contributed by atoms with Crippen LogP contribution in [-0.2, 0) is 19.4 Å². The number of carbonyl (C=O) groups is 2. The Bertz CT molecular complexity index is 824. The van der Waals surface area contributed by atoms with E-state index < -0.39 is 9.84 Å². The third-order valence-corrected chi connectivity index (χ3v) is 7.40. The monoisotopic (exact) mass is 455 g/mol. The van der Waals surface area contributed by atoms with Crippen LogP contribution in [-0.4, -0.2) is 99.6 Å². The molecular weight excluding hydrogens is 422 g/mol. The number of sulfone groups is 1. The quantitative estimate of drug-likeness (QED) is 0.606. The van der Waals surface area contributed by atoms with Crippen LogP contribution in [0.3, 0.4) is 0 Å². The van der Waals surface area contributed by atoms with Crippen molar-refractivity contribution in [1.82, 2.24) is 9.80 Å². The molecule has 1 unspecified atom stereocenters. The molecule has 2 aliphatic heterocycles. The van der Waals surface area contributed by atoms with Crippen LogP contribution >= 0.6 is 0 Å². The number of carbonyl (C=O) groups excluding carboxylic acids is 1. The van der Waals surface area contributed by atoms with Crippen molar-refractivity contribution in [2.75, 3.05) is 62.8 Å². The number of ether oxygens (including phenoxy) is 1. The maximum absolute atomic E-state index is 12.6. The van der Waals surface area contributed by atoms with Crippen molar-refractivity contribution in [3.63, 3.8) is 0 Å². The maximum atomic E-state index is 12.6. The molecule has 1 amide bonds. The average Bonchev–Trinajstić information content (AvgIpc) is 3.13. The summed E-state index contributed by atoms with van der Waals surface area (Å²) in [5.41, 5.74) is 1.08. The van der Waals surface area contributed by atoms with E-state index in [1.165, 1.54) is 0 Å². The number of rotatable bonds is 7. The lowest BCUT2D eigenvalue weighted by atomic mass is 10.2. The van der Waals surface area contributed by atoms with E-state index in [4.69, 9.17) is 14.6 Å². The lowest BCUT2D eigenvalue weighted by Gasteiger charge is -2.37. The predicted octanol–water partition coefficient (Wildman–Crippen LogP) is 0.944. The highest BCUT2D eigenvalue weighted by molar-refractivity contribution is 7.91. The molecule has 2 heterocycles. The Kier molecular flexibility index (Phi) is 9.57. The second-order valence-electron chi connectivity index (χ2n) is 7.66. The largest absolute Gasteiger partial charge is 0.492 e. The smallest absolute Gasteiger partial charge is 0.290 e. The maximum Gasteiger partial charge on any atom is 0.290 e. The summed E-state index contributed by atoms with van der Waals surface area (Å²) >= 11 is 0. The minimum absolute atomic E-state index is 0.0460. The van der Waals surface area contributed by atoms with Gasteiger partial charge in [-0.1, -0.05) is 12.1 Å². The minimum atomic E-state index is -2.89. The molecule has 2 aliphatic rings. The summed E-state index contributed by atoms with van der Waals surface area (Å²) in [4.78, 5) is 27.2. The van der Waals surface area contributed by atoms with Gasteiger partial charge in [-0.2, -0.15) is 0 Å². The molecule has 31 heavy (non-hydrogen) atoms. The van der Waals surface area contributed by atoms with Gasteiger partial charge < -0.3 is 24.5 Å². The summed E-state index contributed by atoms with van der Waals surface area (Å²) < 4.78 is 29.0. The van der Waals surface area contributed by atoms with Crippen molar-refractivity contribution >= 4 is 27.9 Å². The van der Waals surface area contributed by atoms with Crippen LogP contribution in [0.1, 0.15) is 19.8 Å². The first kappa shape index (κ1) is 24.9. The molecule has 3 rings (SSSR count). The molecule has 174 valence electrons. The summed E-state index contributed by atoms with van der Waals surface area (Å²) in [6.45, 7) is 5.92. The SMILES string of the molecule is CCOc1ccccc1N1CCN(C(=O)CCN(C)C2CCS(=O)(=O)C2)CC1.O=CO. The van der Waals surface area contributed by atoms with Crippen LogP contribution in [0.4, 0.5) is 5.69 Å². The Balaban J connectivity index is 0.00000107. The number of amides is 1. The number of hydrogen-bond donors (Lipinski definition) is 1. The zero-order valence-corrected chi connectivity index (χ0v) is 19.1. The van der Waals surface area contributed by atoms with E-state index in [9.17, 15) is 13.2 Å². The van der Waals surface area contributed by atoms with Crippen LogP contribution in [0, 0.1) is 0 Å². The van der Waals surface area contributed by atoms with Crippen molar-refractivity contribution in [3.05, 3.63) is 24.3 Å². The van der Waals surface area contributed by atoms with Crippen molar-refractivity contribution < 1.29 is 27.9 Å². The molecule has 0 saturated carbocycles. The minimum Gasteiger partial charge on any atom is -0.492 e. The summed E-state index contributed by atoms with van der Waals surface area (Å²) in [6.07, 6.45) is 1.10. The molecule has 1 atom stereocenters. The van der Waals surface area contributed by atoms with E-state index in [0.29, 0.717) is 39.1 Å². The van der Waals surface area contributed by atoms with Gasteiger partial charge in [-0.05, 0) is 32.5 Å². The summed E-state index contributed by atoms with van der Waals surface area (Å²) in [5, 5.41) is 6.89. The number of carboxylic acid groups (broad SMARTS) is 1. The Morgan fingerprint density at radius 1 is 1.26 bits per heavy atom. The molecule has 0 aromatic heterocycles. The standard InChI is InChI=1S/C20H31N3O4S.CH2O2/c1-3-27-19-7-5-4-6-18(19)22-11-13-23(14-12-22)20(24)8-10-21(2)17-9-15-28(25,26)16-17;2-1-3/h4-7,17H,3,8-16H2,1-2H3;1H,(H,2,3). The molecule has 9 nitrogen and oxygen atoms in total. The zero-order valence-electron chi connectivity index (χ0n) is 18.3. The van der Waals surface area contributed by atoms with E-state index in [2.05, 4.69) is 11.0 Å². The molecule has 1 aromatic carbocycles. The predicted molar refractivity (Wildman–Crippen MR) is 119 cm³/mol. The van der Waals surface area contributed by atoms with E-state index in [0.717, 1.165) is 24.5 Å². The number of benzene rings is 1. The van der Waals surface area contributed by atoms with E-state index in [1.54, 1.807) is 0 Å². The van der Waals surface area contributed by atoms with E-state index >= 15 is 0 Å². The number of hydrogen-bond acceptors (Lipinski definition) is 7. The van der Waals surface area contributed by atoms with Gasteiger partial charge in [-0.15, -0.1) is 0 Å². The van der Waals surface area contributed by atoms with Crippen LogP contribution in [0.2, 0.25) is 0 Å². The fourth-order valence-electron chi connectivity index (χ4n) is 3.93. The van der Waals surface area contributed by atoms with Gasteiger partial charge in [0, 0.05) is 45.2 Å². The molecule has 0 aliphatic carbocycles. The molecule has 0 spiro atoms. The highest BCUT2D eigenvalue weighted by Crippen LogP contribution is 2.28. The van der Waals surface area contributed by atoms with Crippen LogP contribution in [0.15, 0.2) is 24.3 Å². The molecule has 1 aromatic rings. The normalized spacial score (nSPS) is 20.2. The van der Waals surface area contributed by atoms with Gasteiger partial charge in [-0.3, -0.25) is 9.59 Å². The molecule has 2 saturated heterocycles. The fourth-order valence-corrected chi connectivity index (χ4v) is 5.73. The number of anilines is 1. The van der Waals surface area contributed by atoms with E-state index in [-0.39, 0.29) is 29.9 Å². The van der Waals surface area contributed by atoms with Crippen molar-refractivity contribution in [1.29, 1.82) is 0 Å². The molecule has 0 bridgehead atoms. The molecule has 2 fully saturated rings. The number of piperazine rings is 1. The second-order valence-corrected chi connectivity index (χ2v) is 9.89. The highest BCUT2D eigenvalue weighted by atomic mass is 32.2. The Hall–Kier alpha value is -2.33. The molecular formula is C21H33N3O6S. The van der Waals surface area contributed by atoms with Crippen molar-refractivity contribution in [2.24, 2.45) is 0 Å². The van der Waals surface area contributed by atoms with Crippen molar-refractivity contribution in [3.8, 4) is 5.75 Å². The molecule has 10 heteroatoms. The Morgan fingerprint density at radius 2 is 1.90 bits per heavy atom. The summed E-state index contributed by atoms with van der Waals surface area (Å²) in [5.74, 6) is 1.51. The van der Waals surface area contributed by atoms with Gasteiger partial charge in [0.25, 0.3) is 6.47 Å². The Morgan fingerprint density at radius 3 is 2.48 bits per heavy atom. The lowest BCUT2D eigenvalue weighted by molar-refractivity contribution is -0.131. The first-order valence-corrected chi connectivity index (χ1v) is 12.4. The van der Waals surface area contributed by atoms with Crippen LogP contribution in [0.25, 0.3) is 0 Å². The van der Waals surface area contributed by atoms with E-state index in [1.807, 2.05) is 42.0 Å². The van der Waals surface area contributed by atoms with Crippen LogP contribution in [0.5, 0.6) is 5.75 Å². The zero-order chi connectivity index (χ0) is 22.9.